The predicted octanol–water partition coefficient (Wildman–Crippen LogP) is 0.783. The second-order valence-electron chi connectivity index (χ2n) is 5.30. The fraction of sp³-hybridized carbons (Fsp3) is 0.917. The number of guanidine groups is 1. The minimum Gasteiger partial charge on any atom is -0.370 e. The van der Waals surface area contributed by atoms with Gasteiger partial charge in [0.1, 0.15) is 0 Å². The second-order valence-corrected chi connectivity index (χ2v) is 5.30. The summed E-state index contributed by atoms with van der Waals surface area (Å²) in [5, 5.41) is 3.49. The van der Waals surface area contributed by atoms with Crippen LogP contribution in [0.3, 0.4) is 0 Å². The average Bonchev–Trinajstić information content (AvgIpc) is 2.57. The summed E-state index contributed by atoms with van der Waals surface area (Å²) in [5.41, 5.74) is 6.25. The molecule has 0 aromatic rings. The third-order valence-corrected chi connectivity index (χ3v) is 4.14. The summed E-state index contributed by atoms with van der Waals surface area (Å²) in [4.78, 5) is 6.87. The highest BCUT2D eigenvalue weighted by Gasteiger charge is 2.49. The first kappa shape index (κ1) is 11.7. The van der Waals surface area contributed by atoms with E-state index in [4.69, 9.17) is 5.73 Å². The fourth-order valence-corrected chi connectivity index (χ4v) is 3.40. The topological polar surface area (TPSA) is 53.6 Å². The van der Waals surface area contributed by atoms with Crippen LogP contribution in [0.1, 0.15) is 33.6 Å². The molecule has 0 radical (unpaired) electrons. The van der Waals surface area contributed by atoms with E-state index >= 15 is 0 Å². The molecule has 4 nitrogen and oxygen atoms in total. The van der Waals surface area contributed by atoms with Crippen molar-refractivity contribution >= 4 is 5.96 Å². The molecule has 0 bridgehead atoms. The SMILES string of the molecule is CCC1CNCCC12CN=C(N)N2C(C)C. The van der Waals surface area contributed by atoms with E-state index in [2.05, 4.69) is 36.0 Å². The Bertz CT molecular complexity index is 287. The number of hydrogen-bond acceptors (Lipinski definition) is 4. The lowest BCUT2D eigenvalue weighted by Gasteiger charge is -2.49. The van der Waals surface area contributed by atoms with Gasteiger partial charge in [-0.25, -0.2) is 0 Å². The summed E-state index contributed by atoms with van der Waals surface area (Å²) in [5.74, 6) is 1.41. The Morgan fingerprint density at radius 3 is 3.00 bits per heavy atom. The number of hydrogen-bond donors (Lipinski definition) is 2. The third kappa shape index (κ3) is 1.59. The Balaban J connectivity index is 2.28. The summed E-state index contributed by atoms with van der Waals surface area (Å²) in [6.07, 6.45) is 2.35. The molecule has 0 aromatic carbocycles. The van der Waals surface area contributed by atoms with Crippen molar-refractivity contribution in [3.05, 3.63) is 0 Å². The Kier molecular flexibility index (Phi) is 3.10. The van der Waals surface area contributed by atoms with E-state index in [-0.39, 0.29) is 5.54 Å². The van der Waals surface area contributed by atoms with E-state index in [0.717, 1.165) is 32.0 Å². The Labute approximate surface area is 98.3 Å². The molecule has 2 rings (SSSR count). The van der Waals surface area contributed by atoms with Gasteiger partial charge in [-0.15, -0.1) is 0 Å². The molecule has 2 heterocycles. The van der Waals surface area contributed by atoms with Gasteiger partial charge in [0.25, 0.3) is 0 Å². The normalized spacial score (nSPS) is 34.9. The van der Waals surface area contributed by atoms with Crippen LogP contribution >= 0.6 is 0 Å². The van der Waals surface area contributed by atoms with Crippen molar-refractivity contribution in [3.63, 3.8) is 0 Å². The molecule has 1 fully saturated rings. The lowest BCUT2D eigenvalue weighted by atomic mass is 9.75. The molecule has 1 spiro atoms. The summed E-state index contributed by atoms with van der Waals surface area (Å²) in [6, 6.07) is 0.443. The zero-order chi connectivity index (χ0) is 11.8. The van der Waals surface area contributed by atoms with E-state index < -0.39 is 0 Å². The van der Waals surface area contributed by atoms with Crippen LogP contribution in [0.5, 0.6) is 0 Å². The molecule has 0 aromatic heterocycles. The van der Waals surface area contributed by atoms with Crippen molar-refractivity contribution < 1.29 is 0 Å². The van der Waals surface area contributed by atoms with E-state index in [1.165, 1.54) is 6.42 Å². The Morgan fingerprint density at radius 2 is 2.38 bits per heavy atom. The van der Waals surface area contributed by atoms with Gasteiger partial charge in [-0.3, -0.25) is 4.99 Å². The second kappa shape index (κ2) is 4.24. The molecule has 2 atom stereocenters. The Morgan fingerprint density at radius 1 is 1.62 bits per heavy atom. The first-order chi connectivity index (χ1) is 7.62. The third-order valence-electron chi connectivity index (χ3n) is 4.14. The molecule has 3 N–H and O–H groups in total. The summed E-state index contributed by atoms with van der Waals surface area (Å²) in [7, 11) is 0. The molecular weight excluding hydrogens is 200 g/mol. The lowest BCUT2D eigenvalue weighted by molar-refractivity contribution is 0.0607. The minimum absolute atomic E-state index is 0.193. The Hall–Kier alpha value is -0.770. The first-order valence-electron chi connectivity index (χ1n) is 6.42. The molecule has 2 aliphatic rings. The molecule has 2 unspecified atom stereocenters. The van der Waals surface area contributed by atoms with Gasteiger partial charge >= 0.3 is 0 Å². The molecule has 0 aliphatic carbocycles. The van der Waals surface area contributed by atoms with E-state index in [1.54, 1.807) is 0 Å². The summed E-state index contributed by atoms with van der Waals surface area (Å²) in [6.45, 7) is 9.77. The van der Waals surface area contributed by atoms with Crippen LogP contribution in [0.15, 0.2) is 4.99 Å². The zero-order valence-corrected chi connectivity index (χ0v) is 10.7. The van der Waals surface area contributed by atoms with Gasteiger partial charge in [0.2, 0.25) is 0 Å². The molecule has 1 saturated heterocycles. The van der Waals surface area contributed by atoms with E-state index in [0.29, 0.717) is 12.0 Å². The molecule has 16 heavy (non-hydrogen) atoms. The summed E-state index contributed by atoms with van der Waals surface area (Å²) < 4.78 is 0. The lowest BCUT2D eigenvalue weighted by Crippen LogP contribution is -2.63. The van der Waals surface area contributed by atoms with Crippen molar-refractivity contribution in [2.75, 3.05) is 19.6 Å². The van der Waals surface area contributed by atoms with E-state index in [1.807, 2.05) is 0 Å². The molecule has 2 aliphatic heterocycles. The maximum absolute atomic E-state index is 6.06. The molecule has 92 valence electrons. The summed E-state index contributed by atoms with van der Waals surface area (Å²) >= 11 is 0. The van der Waals surface area contributed by atoms with Crippen molar-refractivity contribution in [2.45, 2.75) is 45.2 Å². The van der Waals surface area contributed by atoms with Gasteiger partial charge in [0, 0.05) is 12.6 Å². The highest BCUT2D eigenvalue weighted by Crippen LogP contribution is 2.37. The number of rotatable bonds is 2. The van der Waals surface area contributed by atoms with Crippen LogP contribution in [-0.2, 0) is 0 Å². The number of aliphatic imine (C=N–C) groups is 1. The molecule has 0 amide bonds. The maximum Gasteiger partial charge on any atom is 0.192 e. The van der Waals surface area contributed by atoms with Crippen LogP contribution in [0, 0.1) is 5.92 Å². The number of nitrogens with two attached hydrogens (primary N) is 1. The standard InChI is InChI=1S/C12H24N4/c1-4-10-7-14-6-5-12(10)8-15-11(13)16(12)9(2)3/h9-10,14H,4-8H2,1-3H3,(H2,13,15). The highest BCUT2D eigenvalue weighted by atomic mass is 15.4. The predicted molar refractivity (Wildman–Crippen MR) is 67.5 cm³/mol. The van der Waals surface area contributed by atoms with Crippen LogP contribution in [0.4, 0.5) is 0 Å². The van der Waals surface area contributed by atoms with Crippen molar-refractivity contribution in [1.82, 2.24) is 10.2 Å². The molecule has 4 heteroatoms. The first-order valence-corrected chi connectivity index (χ1v) is 6.42. The van der Waals surface area contributed by atoms with E-state index in [9.17, 15) is 0 Å². The van der Waals surface area contributed by atoms with Gasteiger partial charge in [-0.1, -0.05) is 6.92 Å². The van der Waals surface area contributed by atoms with Gasteiger partial charge in [0.05, 0.1) is 12.1 Å². The quantitative estimate of drug-likeness (QED) is 0.729. The fourth-order valence-electron chi connectivity index (χ4n) is 3.40. The van der Waals surface area contributed by atoms with Crippen LogP contribution < -0.4 is 11.1 Å². The van der Waals surface area contributed by atoms with Crippen molar-refractivity contribution in [1.29, 1.82) is 0 Å². The number of nitrogens with one attached hydrogen (secondary N) is 1. The average molecular weight is 224 g/mol. The van der Waals surface area contributed by atoms with Gasteiger partial charge in [-0.2, -0.15) is 0 Å². The number of piperidine rings is 1. The largest absolute Gasteiger partial charge is 0.370 e. The van der Waals surface area contributed by atoms with Gasteiger partial charge < -0.3 is 16.0 Å². The maximum atomic E-state index is 6.06. The highest BCUT2D eigenvalue weighted by molar-refractivity contribution is 5.81. The van der Waals surface area contributed by atoms with Gasteiger partial charge in [-0.05, 0) is 39.2 Å². The number of nitrogens with zero attached hydrogens (tertiary/aromatic N) is 2. The monoisotopic (exact) mass is 224 g/mol. The smallest absolute Gasteiger partial charge is 0.192 e. The minimum atomic E-state index is 0.193. The molecule has 0 saturated carbocycles. The van der Waals surface area contributed by atoms with Crippen LogP contribution in [0.2, 0.25) is 0 Å². The zero-order valence-electron chi connectivity index (χ0n) is 10.7. The molecular formula is C12H24N4. The van der Waals surface area contributed by atoms with Crippen molar-refractivity contribution in [2.24, 2.45) is 16.6 Å². The van der Waals surface area contributed by atoms with Crippen molar-refractivity contribution in [3.8, 4) is 0 Å². The van der Waals surface area contributed by atoms with Crippen LogP contribution in [0.25, 0.3) is 0 Å². The van der Waals surface area contributed by atoms with Crippen LogP contribution in [-0.4, -0.2) is 42.1 Å². The van der Waals surface area contributed by atoms with Gasteiger partial charge in [0.15, 0.2) is 5.96 Å².